The molecule has 2 aliphatic heterocycles. The summed E-state index contributed by atoms with van der Waals surface area (Å²) in [6.45, 7) is 12.6. The number of rotatable bonds is 6. The fourth-order valence-corrected chi connectivity index (χ4v) is 4.26. The van der Waals surface area contributed by atoms with Crippen LogP contribution in [0.3, 0.4) is 0 Å². The molecular weight excluding hydrogens is 408 g/mol. The number of piperazine rings is 1. The van der Waals surface area contributed by atoms with Crippen LogP contribution >= 0.6 is 0 Å². The fourth-order valence-electron chi connectivity index (χ4n) is 4.26. The third-order valence-corrected chi connectivity index (χ3v) is 5.90. The second-order valence-corrected chi connectivity index (χ2v) is 9.63. The van der Waals surface area contributed by atoms with E-state index in [1.54, 1.807) is 11.2 Å². The Morgan fingerprint density at radius 1 is 1.12 bits per heavy atom. The molecule has 2 saturated heterocycles. The number of carbonyl (C=O) groups is 2. The van der Waals surface area contributed by atoms with Gasteiger partial charge < -0.3 is 24.8 Å². The van der Waals surface area contributed by atoms with Gasteiger partial charge >= 0.3 is 6.09 Å². The average Bonchev–Trinajstić information content (AvgIpc) is 2.77. The monoisotopic (exact) mass is 446 g/mol. The maximum absolute atomic E-state index is 12.8. The van der Waals surface area contributed by atoms with E-state index in [9.17, 15) is 9.59 Å². The predicted molar refractivity (Wildman–Crippen MR) is 125 cm³/mol. The summed E-state index contributed by atoms with van der Waals surface area (Å²) in [5.41, 5.74) is -0.502. The van der Waals surface area contributed by atoms with Gasteiger partial charge in [0.25, 0.3) is 0 Å². The van der Waals surface area contributed by atoms with E-state index in [2.05, 4.69) is 20.2 Å². The summed E-state index contributed by atoms with van der Waals surface area (Å²) in [7, 11) is 0. The molecule has 0 unspecified atom stereocenters. The molecule has 0 aromatic carbocycles. The van der Waals surface area contributed by atoms with Crippen molar-refractivity contribution in [3.63, 3.8) is 0 Å². The van der Waals surface area contributed by atoms with Crippen LogP contribution in [-0.4, -0.2) is 83.2 Å². The molecule has 1 aromatic rings. The molecule has 0 saturated carbocycles. The number of ether oxygens (including phenoxy) is 1. The van der Waals surface area contributed by atoms with Gasteiger partial charge in [-0.1, -0.05) is 0 Å². The quantitative estimate of drug-likeness (QED) is 0.718. The molecule has 2 fully saturated rings. The van der Waals surface area contributed by atoms with Crippen molar-refractivity contribution in [3.8, 4) is 0 Å². The van der Waals surface area contributed by atoms with Crippen LogP contribution in [0.5, 0.6) is 0 Å². The third kappa shape index (κ3) is 6.97. The molecule has 1 N–H and O–H groups in total. The number of carbonyl (C=O) groups excluding carboxylic acids is 2. The number of aromatic nitrogens is 2. The minimum absolute atomic E-state index is 0.183. The summed E-state index contributed by atoms with van der Waals surface area (Å²) in [5.74, 6) is 2.46. The van der Waals surface area contributed by atoms with Gasteiger partial charge in [0.15, 0.2) is 0 Å². The lowest BCUT2D eigenvalue weighted by atomic mass is 9.93. The highest BCUT2D eigenvalue weighted by atomic mass is 16.6. The average molecular weight is 447 g/mol. The molecule has 0 bridgehead atoms. The normalized spacial score (nSPS) is 19.6. The van der Waals surface area contributed by atoms with Gasteiger partial charge in [0.1, 0.15) is 23.6 Å². The largest absolute Gasteiger partial charge is 0.444 e. The number of hydrogen-bond acceptors (Lipinski definition) is 7. The van der Waals surface area contributed by atoms with Gasteiger partial charge in [0.05, 0.1) is 0 Å². The molecule has 1 atom stereocenters. The number of hydrogen-bond donors (Lipinski definition) is 1. The zero-order chi connectivity index (χ0) is 23.1. The summed E-state index contributed by atoms with van der Waals surface area (Å²) in [4.78, 5) is 39.6. The van der Waals surface area contributed by atoms with Crippen molar-refractivity contribution >= 4 is 23.6 Å². The highest BCUT2D eigenvalue weighted by molar-refractivity contribution is 5.76. The van der Waals surface area contributed by atoms with Crippen molar-refractivity contribution in [2.45, 2.75) is 59.0 Å². The molecule has 0 spiro atoms. The second kappa shape index (κ2) is 10.8. The Morgan fingerprint density at radius 3 is 2.53 bits per heavy atom. The molecule has 9 nitrogen and oxygen atoms in total. The van der Waals surface area contributed by atoms with Crippen molar-refractivity contribution in [1.29, 1.82) is 0 Å². The first-order chi connectivity index (χ1) is 15.2. The van der Waals surface area contributed by atoms with Gasteiger partial charge in [0, 0.05) is 58.3 Å². The minimum Gasteiger partial charge on any atom is -0.444 e. The van der Waals surface area contributed by atoms with Gasteiger partial charge in [-0.05, 0) is 52.9 Å². The molecule has 0 aliphatic carbocycles. The van der Waals surface area contributed by atoms with Gasteiger partial charge in [-0.25, -0.2) is 14.8 Å². The van der Waals surface area contributed by atoms with E-state index in [1.165, 1.54) is 0 Å². The zero-order valence-corrected chi connectivity index (χ0v) is 20.0. The van der Waals surface area contributed by atoms with Crippen LogP contribution in [0.2, 0.25) is 0 Å². The summed E-state index contributed by atoms with van der Waals surface area (Å²) in [6, 6.07) is 2.00. The van der Waals surface area contributed by atoms with Gasteiger partial charge in [-0.2, -0.15) is 0 Å². The Kier molecular flexibility index (Phi) is 8.15. The first-order valence-electron chi connectivity index (χ1n) is 11.8. The highest BCUT2D eigenvalue weighted by Crippen LogP contribution is 2.26. The first-order valence-corrected chi connectivity index (χ1v) is 11.8. The topological polar surface area (TPSA) is 90.9 Å². The van der Waals surface area contributed by atoms with Crippen molar-refractivity contribution in [2.75, 3.05) is 56.0 Å². The maximum Gasteiger partial charge on any atom is 0.410 e. The van der Waals surface area contributed by atoms with Crippen LogP contribution < -0.4 is 10.2 Å². The van der Waals surface area contributed by atoms with Gasteiger partial charge in [-0.15, -0.1) is 0 Å². The van der Waals surface area contributed by atoms with E-state index in [0.717, 1.165) is 50.5 Å². The Labute approximate surface area is 191 Å². The summed E-state index contributed by atoms with van der Waals surface area (Å²) in [5, 5.41) is 3.24. The number of nitrogens with one attached hydrogen (secondary N) is 1. The molecule has 32 heavy (non-hydrogen) atoms. The third-order valence-electron chi connectivity index (χ3n) is 5.90. The van der Waals surface area contributed by atoms with E-state index in [0.29, 0.717) is 38.5 Å². The van der Waals surface area contributed by atoms with Crippen LogP contribution in [0.4, 0.5) is 16.4 Å². The number of piperidine rings is 1. The molecule has 2 aliphatic rings. The molecule has 3 rings (SSSR count). The first kappa shape index (κ1) is 24.1. The van der Waals surface area contributed by atoms with E-state index in [1.807, 2.05) is 38.7 Å². The van der Waals surface area contributed by atoms with E-state index >= 15 is 0 Å². The number of nitrogens with zero attached hydrogens (tertiary/aromatic N) is 5. The summed E-state index contributed by atoms with van der Waals surface area (Å²) < 4.78 is 5.43. The molecule has 0 radical (unpaired) electrons. The Balaban J connectivity index is 1.43. The molecule has 1 aromatic heterocycles. The van der Waals surface area contributed by atoms with Crippen LogP contribution in [0.25, 0.3) is 0 Å². The maximum atomic E-state index is 12.8. The lowest BCUT2D eigenvalue weighted by Crippen LogP contribution is -2.51. The molecule has 3 heterocycles. The van der Waals surface area contributed by atoms with Crippen molar-refractivity contribution in [2.24, 2.45) is 5.92 Å². The number of anilines is 2. The zero-order valence-electron chi connectivity index (χ0n) is 20.0. The fraction of sp³-hybridized carbons (Fsp3) is 0.739. The molecular formula is C23H38N6O3. The van der Waals surface area contributed by atoms with E-state index in [-0.39, 0.29) is 12.0 Å². The Hall–Kier alpha value is -2.58. The lowest BCUT2D eigenvalue weighted by molar-refractivity contribution is -0.133. The summed E-state index contributed by atoms with van der Waals surface area (Å²) in [6.07, 6.45) is 4.99. The van der Waals surface area contributed by atoms with E-state index in [4.69, 9.17) is 4.74 Å². The number of amides is 2. The van der Waals surface area contributed by atoms with E-state index < -0.39 is 5.60 Å². The smallest absolute Gasteiger partial charge is 0.410 e. The molecule has 9 heteroatoms. The van der Waals surface area contributed by atoms with Crippen LogP contribution in [0.1, 0.15) is 53.4 Å². The molecule has 178 valence electrons. The molecule has 2 amide bonds. The van der Waals surface area contributed by atoms with Gasteiger partial charge in [-0.3, -0.25) is 4.79 Å². The van der Waals surface area contributed by atoms with Crippen LogP contribution in [0, 0.1) is 5.92 Å². The Morgan fingerprint density at radius 2 is 1.84 bits per heavy atom. The highest BCUT2D eigenvalue weighted by Gasteiger charge is 2.28. The van der Waals surface area contributed by atoms with Crippen molar-refractivity contribution < 1.29 is 14.3 Å². The second-order valence-electron chi connectivity index (χ2n) is 9.63. The van der Waals surface area contributed by atoms with Crippen molar-refractivity contribution in [3.05, 3.63) is 12.4 Å². The summed E-state index contributed by atoms with van der Waals surface area (Å²) >= 11 is 0. The standard InChI is InChI=1S/C23H38N6O3/c1-5-24-19-15-20(26-17-25-19)29-10-6-7-18(16-29)8-9-21(30)27-11-13-28(14-12-27)22(31)32-23(2,3)4/h15,17-18H,5-14,16H2,1-4H3,(H,24,25,26)/t18-/m0/s1. The SMILES string of the molecule is CCNc1cc(N2CCC[C@@H](CCC(=O)N3CCN(C(=O)OC(C)(C)C)CC3)C2)ncn1. The van der Waals surface area contributed by atoms with Crippen molar-refractivity contribution in [1.82, 2.24) is 19.8 Å². The minimum atomic E-state index is -0.502. The predicted octanol–water partition coefficient (Wildman–Crippen LogP) is 2.98. The van der Waals surface area contributed by atoms with Crippen LogP contribution in [0.15, 0.2) is 12.4 Å². The van der Waals surface area contributed by atoms with Crippen LogP contribution in [-0.2, 0) is 9.53 Å². The van der Waals surface area contributed by atoms with Gasteiger partial charge in [0.2, 0.25) is 5.91 Å². The Bertz CT molecular complexity index is 773. The lowest BCUT2D eigenvalue weighted by Gasteiger charge is -2.36.